The first kappa shape index (κ1) is 16.8. The van der Waals surface area contributed by atoms with Crippen molar-refractivity contribution in [1.82, 2.24) is 0 Å². The molecule has 0 unspecified atom stereocenters. The maximum Gasteiger partial charge on any atom is 0.235 e. The van der Waals surface area contributed by atoms with Gasteiger partial charge in [0.15, 0.2) is 0 Å². The number of nitro groups is 1. The molecule has 0 atom stereocenters. The number of halogens is 3. The van der Waals surface area contributed by atoms with Crippen molar-refractivity contribution in [2.75, 3.05) is 0 Å². The lowest BCUT2D eigenvalue weighted by atomic mass is 10.2. The van der Waals surface area contributed by atoms with Crippen LogP contribution in [-0.4, -0.2) is 4.92 Å². The first-order valence-electron chi connectivity index (χ1n) is 6.13. The summed E-state index contributed by atoms with van der Waals surface area (Å²) in [7, 11) is 0. The van der Waals surface area contributed by atoms with Crippen LogP contribution in [0.25, 0.3) is 6.08 Å². The highest BCUT2D eigenvalue weighted by atomic mass is 79.9. The Kier molecular flexibility index (Phi) is 5.83. The van der Waals surface area contributed by atoms with Crippen LogP contribution < -0.4 is 4.74 Å². The predicted molar refractivity (Wildman–Crippen MR) is 91.0 cm³/mol. The van der Waals surface area contributed by atoms with Crippen LogP contribution in [0.2, 0.25) is 10.0 Å². The molecule has 0 saturated carbocycles. The zero-order valence-electron chi connectivity index (χ0n) is 11.1. The summed E-state index contributed by atoms with van der Waals surface area (Å²) in [6, 6.07) is 10.4. The van der Waals surface area contributed by atoms with Gasteiger partial charge in [0.1, 0.15) is 12.4 Å². The van der Waals surface area contributed by atoms with Gasteiger partial charge >= 0.3 is 0 Å². The summed E-state index contributed by atoms with van der Waals surface area (Å²) < 4.78 is 6.51. The molecular formula is C15H10BrCl2NO3. The topological polar surface area (TPSA) is 52.4 Å². The van der Waals surface area contributed by atoms with E-state index in [9.17, 15) is 10.1 Å². The van der Waals surface area contributed by atoms with Gasteiger partial charge in [0.05, 0.1) is 4.92 Å². The second-order valence-corrected chi connectivity index (χ2v) is 6.07. The van der Waals surface area contributed by atoms with E-state index >= 15 is 0 Å². The second kappa shape index (κ2) is 7.63. The van der Waals surface area contributed by atoms with Gasteiger partial charge in [-0.15, -0.1) is 0 Å². The molecule has 0 aromatic heterocycles. The van der Waals surface area contributed by atoms with Gasteiger partial charge in [0.2, 0.25) is 6.20 Å². The van der Waals surface area contributed by atoms with E-state index < -0.39 is 4.92 Å². The van der Waals surface area contributed by atoms with Gasteiger partial charge in [-0.3, -0.25) is 10.1 Å². The van der Waals surface area contributed by atoms with E-state index in [0.29, 0.717) is 21.4 Å². The molecule has 7 heteroatoms. The van der Waals surface area contributed by atoms with Crippen LogP contribution in [0.3, 0.4) is 0 Å². The van der Waals surface area contributed by atoms with Gasteiger partial charge in [-0.05, 0) is 30.3 Å². The molecule has 0 amide bonds. The van der Waals surface area contributed by atoms with Crippen LogP contribution >= 0.6 is 39.1 Å². The molecular weight excluding hydrogens is 393 g/mol. The molecule has 22 heavy (non-hydrogen) atoms. The summed E-state index contributed by atoms with van der Waals surface area (Å²) in [4.78, 5) is 9.93. The predicted octanol–water partition coefficient (Wildman–Crippen LogP) is 5.58. The molecule has 0 aliphatic rings. The van der Waals surface area contributed by atoms with Gasteiger partial charge in [0, 0.05) is 31.7 Å². The molecule has 2 aromatic rings. The fourth-order valence-electron chi connectivity index (χ4n) is 1.72. The number of rotatable bonds is 5. The summed E-state index contributed by atoms with van der Waals surface area (Å²) in [6.45, 7) is 0.233. The quantitative estimate of drug-likeness (QED) is 0.484. The average molecular weight is 403 g/mol. The van der Waals surface area contributed by atoms with Gasteiger partial charge in [-0.25, -0.2) is 0 Å². The Morgan fingerprint density at radius 3 is 2.68 bits per heavy atom. The molecule has 114 valence electrons. The van der Waals surface area contributed by atoms with Gasteiger partial charge in [0.25, 0.3) is 0 Å². The molecule has 0 aliphatic carbocycles. The smallest absolute Gasteiger partial charge is 0.235 e. The molecule has 2 rings (SSSR count). The first-order chi connectivity index (χ1) is 10.5. The van der Waals surface area contributed by atoms with E-state index in [1.807, 2.05) is 0 Å². The van der Waals surface area contributed by atoms with Gasteiger partial charge < -0.3 is 4.74 Å². The number of hydrogen-bond acceptors (Lipinski definition) is 3. The maximum atomic E-state index is 10.5. The minimum atomic E-state index is -0.527. The molecule has 0 heterocycles. The van der Waals surface area contributed by atoms with Crippen LogP contribution in [0.1, 0.15) is 11.1 Å². The van der Waals surface area contributed by atoms with Crippen molar-refractivity contribution in [1.29, 1.82) is 0 Å². The molecule has 0 radical (unpaired) electrons. The van der Waals surface area contributed by atoms with Crippen LogP contribution in [0.5, 0.6) is 5.75 Å². The standard InChI is InChI=1S/C15H10BrCl2NO3/c16-12-2-4-15(10(7-12)5-6-19(20)21)22-9-11-1-3-13(17)8-14(11)18/h1-8H,9H2/b6-5+. The third kappa shape index (κ3) is 4.73. The van der Waals surface area contributed by atoms with Crippen molar-refractivity contribution in [3.8, 4) is 5.75 Å². The Morgan fingerprint density at radius 2 is 2.00 bits per heavy atom. The Hall–Kier alpha value is -1.56. The van der Waals surface area contributed by atoms with Crippen LogP contribution in [0.15, 0.2) is 47.1 Å². The lowest BCUT2D eigenvalue weighted by Crippen LogP contribution is -1.98. The highest BCUT2D eigenvalue weighted by molar-refractivity contribution is 9.10. The lowest BCUT2D eigenvalue weighted by Gasteiger charge is -2.10. The minimum absolute atomic E-state index is 0.233. The van der Waals surface area contributed by atoms with Crippen molar-refractivity contribution in [2.24, 2.45) is 0 Å². The molecule has 0 spiro atoms. The summed E-state index contributed by atoms with van der Waals surface area (Å²) in [5.41, 5.74) is 1.37. The van der Waals surface area contributed by atoms with Crippen molar-refractivity contribution in [3.63, 3.8) is 0 Å². The van der Waals surface area contributed by atoms with Crippen LogP contribution in [0.4, 0.5) is 0 Å². The van der Waals surface area contributed by atoms with Gasteiger partial charge in [-0.2, -0.15) is 0 Å². The van der Waals surface area contributed by atoms with Crippen LogP contribution in [-0.2, 0) is 6.61 Å². The minimum Gasteiger partial charge on any atom is -0.488 e. The van der Waals surface area contributed by atoms with E-state index in [1.165, 1.54) is 6.08 Å². The highest BCUT2D eigenvalue weighted by Gasteiger charge is 2.06. The second-order valence-electron chi connectivity index (χ2n) is 4.31. The average Bonchev–Trinajstić information content (AvgIpc) is 2.45. The molecule has 2 aromatic carbocycles. The number of ether oxygens (including phenoxy) is 1. The largest absolute Gasteiger partial charge is 0.488 e. The Labute approximate surface area is 145 Å². The highest BCUT2D eigenvalue weighted by Crippen LogP contribution is 2.27. The fourth-order valence-corrected chi connectivity index (χ4v) is 2.56. The summed E-state index contributed by atoms with van der Waals surface area (Å²) in [6.07, 6.45) is 2.24. The zero-order valence-corrected chi connectivity index (χ0v) is 14.2. The van der Waals surface area contributed by atoms with E-state index in [4.69, 9.17) is 27.9 Å². The molecule has 0 fully saturated rings. The Balaban J connectivity index is 2.20. The maximum absolute atomic E-state index is 10.5. The SMILES string of the molecule is O=[N+]([O-])/C=C/c1cc(Br)ccc1OCc1ccc(Cl)cc1Cl. The van der Waals surface area contributed by atoms with E-state index in [1.54, 1.807) is 36.4 Å². The molecule has 0 saturated heterocycles. The fraction of sp³-hybridized carbons (Fsp3) is 0.0667. The molecule has 4 nitrogen and oxygen atoms in total. The summed E-state index contributed by atoms with van der Waals surface area (Å²) in [5, 5.41) is 11.5. The Bertz CT molecular complexity index is 735. The number of benzene rings is 2. The number of nitrogens with zero attached hydrogens (tertiary/aromatic N) is 1. The zero-order chi connectivity index (χ0) is 16.1. The third-order valence-corrected chi connectivity index (χ3v) is 3.83. The molecule has 0 aliphatic heterocycles. The van der Waals surface area contributed by atoms with Gasteiger partial charge in [-0.1, -0.05) is 45.2 Å². The van der Waals surface area contributed by atoms with E-state index in [-0.39, 0.29) is 6.61 Å². The van der Waals surface area contributed by atoms with Crippen molar-refractivity contribution >= 4 is 45.2 Å². The van der Waals surface area contributed by atoms with E-state index in [2.05, 4.69) is 15.9 Å². The third-order valence-electron chi connectivity index (χ3n) is 2.75. The van der Waals surface area contributed by atoms with E-state index in [0.717, 1.165) is 16.2 Å². The van der Waals surface area contributed by atoms with Crippen molar-refractivity contribution < 1.29 is 9.66 Å². The first-order valence-corrected chi connectivity index (χ1v) is 7.68. The summed E-state index contributed by atoms with van der Waals surface area (Å²) >= 11 is 15.3. The van der Waals surface area contributed by atoms with Crippen LogP contribution in [0, 0.1) is 10.1 Å². The molecule has 0 N–H and O–H groups in total. The number of hydrogen-bond donors (Lipinski definition) is 0. The monoisotopic (exact) mass is 401 g/mol. The summed E-state index contributed by atoms with van der Waals surface area (Å²) in [5.74, 6) is 0.521. The normalized spacial score (nSPS) is 10.9. The lowest BCUT2D eigenvalue weighted by molar-refractivity contribution is -0.400. The molecule has 0 bridgehead atoms. The van der Waals surface area contributed by atoms with Crippen molar-refractivity contribution in [2.45, 2.75) is 6.61 Å². The van der Waals surface area contributed by atoms with Crippen molar-refractivity contribution in [3.05, 3.63) is 78.4 Å². The Morgan fingerprint density at radius 1 is 1.23 bits per heavy atom.